The van der Waals surface area contributed by atoms with Crippen LogP contribution in [0.2, 0.25) is 10.0 Å². The van der Waals surface area contributed by atoms with Crippen LogP contribution < -0.4 is 5.73 Å². The second-order valence-corrected chi connectivity index (χ2v) is 23.6. The van der Waals surface area contributed by atoms with Gasteiger partial charge >= 0.3 is 0 Å². The van der Waals surface area contributed by atoms with Gasteiger partial charge in [-0.05, 0) is 200 Å². The fraction of sp³-hybridized carbons (Fsp3) is 0.212. The predicted molar refractivity (Wildman–Crippen MR) is 388 cm³/mol. The number of nitro benzene ring substituents is 1. The van der Waals surface area contributed by atoms with Gasteiger partial charge in [-0.25, -0.2) is 4.39 Å². The van der Waals surface area contributed by atoms with E-state index in [1.165, 1.54) is 99.3 Å². The third-order valence-electron chi connectivity index (χ3n) is 15.0. The summed E-state index contributed by atoms with van der Waals surface area (Å²) < 4.78 is 13.0. The molecule has 0 saturated carbocycles. The largest absolute Gasteiger partial charge is 0.508 e. The highest BCUT2D eigenvalue weighted by Crippen LogP contribution is 2.26. The minimum Gasteiger partial charge on any atom is -0.508 e. The Kier molecular flexibility index (Phi) is 35.3. The summed E-state index contributed by atoms with van der Waals surface area (Å²) in [5.74, 6) is -0.266. The zero-order valence-electron chi connectivity index (χ0n) is 57.3. The van der Waals surface area contributed by atoms with Crippen molar-refractivity contribution < 1.29 is 72.9 Å². The number of rotatable bonds is 11. The minimum atomic E-state index is -0.591. The van der Waals surface area contributed by atoms with Gasteiger partial charge in [0.25, 0.3) is 5.69 Å². The van der Waals surface area contributed by atoms with Gasteiger partial charge in [0, 0.05) is 79.7 Å². The number of phenols is 1. The Hall–Kier alpha value is -10.6. The fourth-order valence-electron chi connectivity index (χ4n) is 8.88. The van der Waals surface area contributed by atoms with Crippen molar-refractivity contribution >= 4 is 86.6 Å². The number of carbonyl (C=O) groups is 9. The minimum absolute atomic E-state index is 0.0160. The highest BCUT2D eigenvalue weighted by atomic mass is 35.5. The number of Topliss-reactive ketones (excluding diaryl/α,β-unsaturated/α-hetero) is 9. The number of nitrogens with two attached hydrogens (primary N) is 1. The van der Waals surface area contributed by atoms with Crippen LogP contribution in [0.5, 0.6) is 5.75 Å². The number of nitrogen functional groups attached to an aromatic ring is 1. The number of carbonyl (C=O) groups excluding carboxylic acids is 9. The average molecular weight is 1400 g/mol. The van der Waals surface area contributed by atoms with Crippen molar-refractivity contribution in [3.63, 3.8) is 0 Å². The van der Waals surface area contributed by atoms with Gasteiger partial charge in [0.15, 0.2) is 52.0 Å². The van der Waals surface area contributed by atoms with Gasteiger partial charge in [0.2, 0.25) is 0 Å². The molecule has 17 nitrogen and oxygen atoms in total. The lowest BCUT2D eigenvalue weighted by atomic mass is 10.0. The van der Waals surface area contributed by atoms with Crippen molar-refractivity contribution in [2.75, 3.05) is 5.73 Å². The summed E-state index contributed by atoms with van der Waals surface area (Å²) in [6.07, 6.45) is 3.11. The Morgan fingerprint density at radius 2 is 0.890 bits per heavy atom. The number of hydrogen-bond acceptors (Lipinski definition) is 16. The van der Waals surface area contributed by atoms with Crippen LogP contribution in [0.25, 0.3) is 0 Å². The molecule has 522 valence electrons. The first-order valence-corrected chi connectivity index (χ1v) is 31.9. The summed E-state index contributed by atoms with van der Waals surface area (Å²) in [7, 11) is 0. The molecule has 0 saturated heterocycles. The first-order valence-electron chi connectivity index (χ1n) is 31.2. The van der Waals surface area contributed by atoms with E-state index in [0.29, 0.717) is 62.7 Å². The zero-order valence-corrected chi connectivity index (χ0v) is 58.8. The monoisotopic (exact) mass is 1400 g/mol. The molecular weight excluding hydrogens is 1320 g/mol. The number of nitrogens with zero attached hydrogens (tertiary/aromatic N) is 1. The molecule has 0 aromatic heterocycles. The smallest absolute Gasteiger partial charge is 0.287 e. The van der Waals surface area contributed by atoms with Gasteiger partial charge < -0.3 is 26.2 Å². The number of halogens is 3. The molecule has 0 fully saturated rings. The van der Waals surface area contributed by atoms with E-state index in [1.54, 1.807) is 68.4 Å². The number of nitro groups is 1. The molecule has 11 rings (SSSR count). The van der Waals surface area contributed by atoms with Crippen LogP contribution in [-0.4, -0.2) is 77.4 Å². The summed E-state index contributed by atoms with van der Waals surface area (Å²) in [6.45, 7) is 16.0. The SMILES string of the molecule is CC(=O)c1ccc(C)c(C)c1.CC(=O)c1ccc(C)cc1.CC(=O)c1ccc(CO)c(O)c1.CC(=O)c1ccc(CO)cc1F.CC(=O)c1ccc(Cl)cc1.CC(=O)c1ccc(N)cc1.CC(=O)c1ccc([N+](=O)[O-])c(Cl)c1.O=C1CCc2cc(CO)ccc21.O=C1CCc2ccccc21. The number of ketones is 9. The van der Waals surface area contributed by atoms with E-state index in [4.69, 9.17) is 44.3 Å². The third kappa shape index (κ3) is 28.5. The first-order chi connectivity index (χ1) is 47.2. The molecule has 0 radical (unpaired) electrons. The molecule has 100 heavy (non-hydrogen) atoms. The molecule has 0 spiro atoms. The van der Waals surface area contributed by atoms with Crippen molar-refractivity contribution in [2.24, 2.45) is 0 Å². The molecule has 0 aliphatic heterocycles. The van der Waals surface area contributed by atoms with Crippen LogP contribution in [0, 0.1) is 36.7 Å². The number of aromatic hydroxyl groups is 1. The Balaban J connectivity index is 0.000000293. The molecular formula is C80H81Cl2FN2O15. The van der Waals surface area contributed by atoms with Crippen LogP contribution in [-0.2, 0) is 32.7 Å². The van der Waals surface area contributed by atoms with Crippen LogP contribution in [0.1, 0.15) is 199 Å². The van der Waals surface area contributed by atoms with Gasteiger partial charge in [-0.3, -0.25) is 53.3 Å². The Morgan fingerprint density at radius 1 is 0.460 bits per heavy atom. The lowest BCUT2D eigenvalue weighted by Gasteiger charge is -2.01. The van der Waals surface area contributed by atoms with E-state index in [9.17, 15) is 62.8 Å². The van der Waals surface area contributed by atoms with Crippen LogP contribution in [0.3, 0.4) is 0 Å². The summed E-state index contributed by atoms with van der Waals surface area (Å²) in [5.41, 5.74) is 19.2. The number of fused-ring (bicyclic) bond motifs is 2. The fourth-order valence-corrected chi connectivity index (χ4v) is 9.26. The molecule has 0 bridgehead atoms. The van der Waals surface area contributed by atoms with E-state index in [2.05, 4.69) is 0 Å². The van der Waals surface area contributed by atoms with E-state index in [0.717, 1.165) is 52.3 Å². The quantitative estimate of drug-likeness (QED) is 0.0348. The third-order valence-corrected chi connectivity index (χ3v) is 15.5. The van der Waals surface area contributed by atoms with Crippen LogP contribution in [0.4, 0.5) is 15.8 Å². The second kappa shape index (κ2) is 42.3. The molecule has 6 N–H and O–H groups in total. The van der Waals surface area contributed by atoms with Crippen molar-refractivity contribution in [1.82, 2.24) is 0 Å². The lowest BCUT2D eigenvalue weighted by molar-refractivity contribution is -0.384. The van der Waals surface area contributed by atoms with Crippen molar-refractivity contribution in [3.8, 4) is 5.75 Å². The van der Waals surface area contributed by atoms with E-state index >= 15 is 0 Å². The van der Waals surface area contributed by atoms with Gasteiger partial charge in [0.05, 0.1) is 30.3 Å². The molecule has 2 aliphatic rings. The van der Waals surface area contributed by atoms with Gasteiger partial charge in [-0.15, -0.1) is 0 Å². The molecule has 0 amide bonds. The Bertz CT molecular complexity index is 4220. The van der Waals surface area contributed by atoms with Crippen LogP contribution in [0.15, 0.2) is 188 Å². The lowest BCUT2D eigenvalue weighted by Crippen LogP contribution is -1.97. The van der Waals surface area contributed by atoms with Gasteiger partial charge in [-0.2, -0.15) is 0 Å². The van der Waals surface area contributed by atoms with Gasteiger partial charge in [-0.1, -0.05) is 126 Å². The van der Waals surface area contributed by atoms with Crippen molar-refractivity contribution in [1.29, 1.82) is 0 Å². The molecule has 0 atom stereocenters. The molecule has 0 heterocycles. The highest BCUT2D eigenvalue weighted by molar-refractivity contribution is 6.33. The maximum absolute atomic E-state index is 13.0. The maximum atomic E-state index is 13.0. The summed E-state index contributed by atoms with van der Waals surface area (Å²) in [4.78, 5) is 108. The molecule has 0 unspecified atom stereocenters. The molecule has 9 aromatic carbocycles. The normalized spacial score (nSPS) is 10.8. The summed E-state index contributed by atoms with van der Waals surface area (Å²) >= 11 is 11.2. The first kappa shape index (κ1) is 83.6. The van der Waals surface area contributed by atoms with Gasteiger partial charge in [0.1, 0.15) is 16.6 Å². The number of aryl methyl sites for hydroxylation is 5. The Morgan fingerprint density at radius 3 is 1.34 bits per heavy atom. The number of aliphatic hydroxyl groups is 3. The van der Waals surface area contributed by atoms with Crippen molar-refractivity contribution in [3.05, 3.63) is 309 Å². The predicted octanol–water partition coefficient (Wildman–Crippen LogP) is 16.9. The summed E-state index contributed by atoms with van der Waals surface area (Å²) in [6, 6.07) is 52.9. The number of benzene rings is 9. The number of hydrogen-bond donors (Lipinski definition) is 5. The number of aliphatic hydroxyl groups excluding tert-OH is 3. The number of anilines is 1. The summed E-state index contributed by atoms with van der Waals surface area (Å²) in [5, 5.41) is 46.4. The van der Waals surface area contributed by atoms with Crippen molar-refractivity contribution in [2.45, 2.75) is 115 Å². The molecule has 2 aliphatic carbocycles. The Labute approximate surface area is 591 Å². The topological polar surface area (TPSA) is 304 Å². The second-order valence-electron chi connectivity index (χ2n) is 22.7. The van der Waals surface area contributed by atoms with E-state index < -0.39 is 10.7 Å². The maximum Gasteiger partial charge on any atom is 0.287 e. The molecule has 20 heteroatoms. The average Bonchev–Trinajstić information content (AvgIpc) is 1.65. The highest BCUT2D eigenvalue weighted by Gasteiger charge is 2.20. The molecule has 9 aromatic rings. The van der Waals surface area contributed by atoms with Crippen LogP contribution >= 0.6 is 23.2 Å². The van der Waals surface area contributed by atoms with E-state index in [-0.39, 0.29) is 88.1 Å². The van der Waals surface area contributed by atoms with E-state index in [1.807, 2.05) is 106 Å². The zero-order chi connectivity index (χ0) is 74.9. The standard InChI is InChI=1S/C10H10O2.C10H12O.C9H9FO2.C9H10O3.C9H8O.C9H10O.C8H6ClNO3.C8H7ClO.C8H9NO/c11-6-7-1-3-9-8(5-7)2-4-10(9)12;1-7-4-5-10(9(3)11)6-8(7)2;1-6(12)8-3-2-7(5-11)4-9(8)10;1-6(11)7-2-3-8(5-10)9(12)4-7;10-9-6-5-7-3-1-2-4-8(7)9;1-7-3-5-9(6-4-7)8(2)10;1-5(11)6-2-3-8(10(12)13)7(9)4-6;2*1-6(10)7-2-4-8(9)5-3-7/h1,3,5,11H,2,4,6H2;4-6H,1-3H3;2-4,11H,5H2,1H3;2-4,10,12H,5H2,1H3;1-4H,5-6H2;3-6H,1-2H3;2-4H,1H3;2-5H,1H3;2-5H,9H2,1H3.